The fourth-order valence-electron chi connectivity index (χ4n) is 4.76. The smallest absolute Gasteiger partial charge is 0.234 e. The molecule has 1 aliphatic rings. The van der Waals surface area contributed by atoms with Crippen LogP contribution in [-0.4, -0.2) is 86.1 Å². The van der Waals surface area contributed by atoms with Gasteiger partial charge in [-0.05, 0) is 49.5 Å². The first-order valence-electron chi connectivity index (χ1n) is 14.0. The maximum Gasteiger partial charge on any atom is 0.234 e. The minimum Gasteiger partial charge on any atom is -0.378 e. The van der Waals surface area contributed by atoms with E-state index >= 15 is 0 Å². The van der Waals surface area contributed by atoms with Gasteiger partial charge in [-0.1, -0.05) is 32.0 Å². The van der Waals surface area contributed by atoms with Crippen LogP contribution in [0.25, 0.3) is 11.3 Å². The minimum absolute atomic E-state index is 0.0550. The first kappa shape index (κ1) is 27.5. The van der Waals surface area contributed by atoms with E-state index in [1.165, 1.54) is 12.8 Å². The average molecular weight is 547 g/mol. The Kier molecular flexibility index (Phi) is 9.19. The number of hydrogen-bond donors (Lipinski definition) is 3. The van der Waals surface area contributed by atoms with Crippen LogP contribution in [0.15, 0.2) is 48.9 Å². The fraction of sp³-hybridized carbons (Fsp3) is 0.464. The van der Waals surface area contributed by atoms with Gasteiger partial charge in [-0.15, -0.1) is 0 Å². The topological polar surface area (TPSA) is 127 Å². The number of nitrogens with one attached hydrogen (secondary N) is 3. The highest BCUT2D eigenvalue weighted by atomic mass is 16.5. The van der Waals surface area contributed by atoms with Crippen molar-refractivity contribution in [1.82, 2.24) is 39.6 Å². The van der Waals surface area contributed by atoms with Gasteiger partial charge in [-0.3, -0.25) is 9.69 Å². The number of likely N-dealkylation sites (tertiary alicyclic amines) is 1. The van der Waals surface area contributed by atoms with E-state index in [1.54, 1.807) is 10.7 Å². The van der Waals surface area contributed by atoms with Crippen molar-refractivity contribution in [1.29, 1.82) is 0 Å². The first-order chi connectivity index (χ1) is 19.6. The number of fused-ring (bicyclic) bond motifs is 1. The van der Waals surface area contributed by atoms with Gasteiger partial charge in [0.25, 0.3) is 0 Å². The summed E-state index contributed by atoms with van der Waals surface area (Å²) in [5, 5.41) is 18.6. The molecule has 1 aliphatic heterocycles. The SMILES string of the molecule is CC(C)c1cnn2c(NCc3ccccc3-n3cccn3)nc(NCCOCCNC(=O)CN3CCCC3)nc12. The number of carbonyl (C=O) groups excluding carboxylic acids is 1. The summed E-state index contributed by atoms with van der Waals surface area (Å²) in [5.41, 5.74) is 3.88. The number of para-hydroxylation sites is 1. The molecule has 0 aliphatic carbocycles. The van der Waals surface area contributed by atoms with Gasteiger partial charge in [0.1, 0.15) is 0 Å². The van der Waals surface area contributed by atoms with E-state index in [2.05, 4.69) is 51.0 Å². The lowest BCUT2D eigenvalue weighted by Gasteiger charge is -2.14. The molecule has 0 spiro atoms. The first-order valence-corrected chi connectivity index (χ1v) is 14.0. The Hall–Kier alpha value is -4.03. The summed E-state index contributed by atoms with van der Waals surface area (Å²) in [6.45, 7) is 9.22. The predicted molar refractivity (Wildman–Crippen MR) is 154 cm³/mol. The third kappa shape index (κ3) is 6.93. The summed E-state index contributed by atoms with van der Waals surface area (Å²) in [6.07, 6.45) is 7.90. The van der Waals surface area contributed by atoms with Gasteiger partial charge >= 0.3 is 0 Å². The van der Waals surface area contributed by atoms with Crippen molar-refractivity contribution in [2.24, 2.45) is 0 Å². The number of amides is 1. The highest BCUT2D eigenvalue weighted by Gasteiger charge is 2.16. The molecule has 12 nitrogen and oxygen atoms in total. The molecule has 1 saturated heterocycles. The van der Waals surface area contributed by atoms with Crippen molar-refractivity contribution in [3.8, 4) is 5.69 Å². The van der Waals surface area contributed by atoms with E-state index in [1.807, 2.05) is 41.3 Å². The molecule has 5 rings (SSSR count). The van der Waals surface area contributed by atoms with Crippen molar-refractivity contribution in [2.45, 2.75) is 39.2 Å². The van der Waals surface area contributed by atoms with Crippen LogP contribution in [0, 0.1) is 0 Å². The largest absolute Gasteiger partial charge is 0.378 e. The van der Waals surface area contributed by atoms with E-state index < -0.39 is 0 Å². The quantitative estimate of drug-likeness (QED) is 0.205. The van der Waals surface area contributed by atoms with E-state index in [-0.39, 0.29) is 11.8 Å². The molecule has 3 N–H and O–H groups in total. The molecule has 40 heavy (non-hydrogen) atoms. The molecule has 3 aromatic heterocycles. The van der Waals surface area contributed by atoms with Gasteiger partial charge in [0.15, 0.2) is 5.65 Å². The summed E-state index contributed by atoms with van der Waals surface area (Å²) < 4.78 is 9.31. The lowest BCUT2D eigenvalue weighted by atomic mass is 10.1. The van der Waals surface area contributed by atoms with Crippen LogP contribution in [0.4, 0.5) is 11.9 Å². The number of nitrogens with zero attached hydrogens (tertiary/aromatic N) is 7. The van der Waals surface area contributed by atoms with E-state index in [4.69, 9.17) is 14.7 Å². The van der Waals surface area contributed by atoms with Gasteiger partial charge in [-0.25, -0.2) is 4.68 Å². The maximum atomic E-state index is 12.0. The molecule has 0 unspecified atom stereocenters. The van der Waals surface area contributed by atoms with Crippen LogP contribution in [-0.2, 0) is 16.1 Å². The van der Waals surface area contributed by atoms with Crippen molar-refractivity contribution >= 4 is 23.5 Å². The van der Waals surface area contributed by atoms with Gasteiger partial charge in [0.2, 0.25) is 17.8 Å². The normalized spacial score (nSPS) is 13.8. The second kappa shape index (κ2) is 13.4. The van der Waals surface area contributed by atoms with E-state index in [0.29, 0.717) is 51.3 Å². The third-order valence-electron chi connectivity index (χ3n) is 6.86. The molecule has 0 radical (unpaired) electrons. The highest BCUT2D eigenvalue weighted by molar-refractivity contribution is 5.78. The number of rotatable bonds is 14. The van der Waals surface area contributed by atoms with Gasteiger partial charge < -0.3 is 20.7 Å². The average Bonchev–Trinajstić information content (AvgIpc) is 3.74. The zero-order valence-electron chi connectivity index (χ0n) is 23.2. The highest BCUT2D eigenvalue weighted by Crippen LogP contribution is 2.23. The Labute approximate surface area is 234 Å². The minimum atomic E-state index is 0.0550. The number of hydrogen-bond acceptors (Lipinski definition) is 9. The molecule has 4 aromatic rings. The number of benzene rings is 1. The second-order valence-electron chi connectivity index (χ2n) is 10.2. The summed E-state index contributed by atoms with van der Waals surface area (Å²) in [7, 11) is 0. The number of aromatic nitrogens is 6. The van der Waals surface area contributed by atoms with E-state index in [0.717, 1.165) is 35.6 Å². The molecule has 1 amide bonds. The number of anilines is 2. The van der Waals surface area contributed by atoms with Crippen molar-refractivity contribution in [2.75, 3.05) is 56.6 Å². The monoisotopic (exact) mass is 546 g/mol. The Bertz CT molecular complexity index is 1380. The summed E-state index contributed by atoms with van der Waals surface area (Å²) in [4.78, 5) is 23.7. The molecule has 0 atom stereocenters. The third-order valence-corrected chi connectivity index (χ3v) is 6.86. The predicted octanol–water partition coefficient (Wildman–Crippen LogP) is 2.69. The van der Waals surface area contributed by atoms with Crippen LogP contribution in [0.1, 0.15) is 43.7 Å². The zero-order valence-corrected chi connectivity index (χ0v) is 23.2. The summed E-state index contributed by atoms with van der Waals surface area (Å²) in [6, 6.07) is 10.0. The Balaban J connectivity index is 1.17. The Morgan fingerprint density at radius 2 is 1.85 bits per heavy atom. The molecule has 212 valence electrons. The zero-order chi connectivity index (χ0) is 27.7. The Morgan fingerprint density at radius 1 is 1.02 bits per heavy atom. The van der Waals surface area contributed by atoms with Crippen LogP contribution >= 0.6 is 0 Å². The molecule has 4 heterocycles. The molecule has 0 saturated carbocycles. The van der Waals surface area contributed by atoms with Crippen LogP contribution in [0.2, 0.25) is 0 Å². The van der Waals surface area contributed by atoms with Gasteiger partial charge in [0, 0.05) is 37.6 Å². The van der Waals surface area contributed by atoms with Gasteiger partial charge in [0.05, 0.1) is 31.6 Å². The molecular formula is C28H38N10O2. The number of ether oxygens (including phenoxy) is 1. The van der Waals surface area contributed by atoms with Crippen molar-refractivity contribution in [3.63, 3.8) is 0 Å². The lowest BCUT2D eigenvalue weighted by molar-refractivity contribution is -0.122. The van der Waals surface area contributed by atoms with Crippen LogP contribution < -0.4 is 16.0 Å². The second-order valence-corrected chi connectivity index (χ2v) is 10.2. The standard InChI is InChI=1S/C28H38N10O2/c1-21(2)23-19-33-38-26(23)34-27(30-12-17-40-16-11-29-25(39)20-36-13-5-6-14-36)35-28(38)31-18-22-8-3-4-9-24(22)37-15-7-10-32-37/h3-4,7-10,15,19,21H,5-6,11-14,16-18,20H2,1-2H3,(H,29,39)(H2,30,31,34,35). The Morgan fingerprint density at radius 3 is 2.65 bits per heavy atom. The molecule has 12 heteroatoms. The molecule has 0 bridgehead atoms. The molecule has 1 aromatic carbocycles. The van der Waals surface area contributed by atoms with Gasteiger partial charge in [-0.2, -0.15) is 24.7 Å². The maximum absolute atomic E-state index is 12.0. The van der Waals surface area contributed by atoms with Crippen LogP contribution in [0.3, 0.4) is 0 Å². The van der Waals surface area contributed by atoms with E-state index in [9.17, 15) is 4.79 Å². The summed E-state index contributed by atoms with van der Waals surface area (Å²) in [5.74, 6) is 1.41. The molecular weight excluding hydrogens is 508 g/mol. The number of carbonyl (C=O) groups is 1. The lowest BCUT2D eigenvalue weighted by Crippen LogP contribution is -2.37. The summed E-state index contributed by atoms with van der Waals surface area (Å²) >= 11 is 0. The van der Waals surface area contributed by atoms with Crippen LogP contribution in [0.5, 0.6) is 0 Å². The van der Waals surface area contributed by atoms with Crippen molar-refractivity contribution < 1.29 is 9.53 Å². The molecule has 1 fully saturated rings. The fourth-order valence-corrected chi connectivity index (χ4v) is 4.76. The van der Waals surface area contributed by atoms with Crippen molar-refractivity contribution in [3.05, 3.63) is 60.0 Å².